The molecule has 0 bridgehead atoms. The molecule has 2 aromatic rings. The predicted molar refractivity (Wildman–Crippen MR) is 108 cm³/mol. The van der Waals surface area contributed by atoms with E-state index in [0.29, 0.717) is 54.7 Å². The third-order valence-corrected chi connectivity index (χ3v) is 5.34. The number of ether oxygens (including phenoxy) is 4. The van der Waals surface area contributed by atoms with E-state index in [0.717, 1.165) is 5.56 Å². The maximum atomic E-state index is 12.8. The van der Waals surface area contributed by atoms with E-state index in [-0.39, 0.29) is 25.0 Å². The van der Waals surface area contributed by atoms with Gasteiger partial charge in [0.15, 0.2) is 23.0 Å². The molecular formula is C22H24N2O6. The second-order valence-corrected chi connectivity index (χ2v) is 7.11. The number of methoxy groups -OCH3 is 2. The van der Waals surface area contributed by atoms with Crippen LogP contribution in [0.5, 0.6) is 23.0 Å². The molecular weight excluding hydrogens is 388 g/mol. The van der Waals surface area contributed by atoms with Crippen molar-refractivity contribution in [3.05, 3.63) is 47.5 Å². The van der Waals surface area contributed by atoms with E-state index >= 15 is 0 Å². The fraction of sp³-hybridized carbons (Fsp3) is 0.364. The van der Waals surface area contributed by atoms with Crippen LogP contribution in [0, 0.1) is 0 Å². The lowest BCUT2D eigenvalue weighted by Crippen LogP contribution is -2.51. The van der Waals surface area contributed by atoms with Crippen molar-refractivity contribution in [1.29, 1.82) is 0 Å². The highest BCUT2D eigenvalue weighted by Crippen LogP contribution is 2.33. The van der Waals surface area contributed by atoms with Gasteiger partial charge in [0.1, 0.15) is 0 Å². The zero-order valence-electron chi connectivity index (χ0n) is 17.1. The fourth-order valence-corrected chi connectivity index (χ4v) is 3.65. The number of hydrogen-bond donors (Lipinski definition) is 0. The minimum absolute atomic E-state index is 0.0254. The van der Waals surface area contributed by atoms with Crippen LogP contribution in [0.4, 0.5) is 0 Å². The monoisotopic (exact) mass is 412 g/mol. The Morgan fingerprint density at radius 1 is 0.867 bits per heavy atom. The van der Waals surface area contributed by atoms with E-state index in [9.17, 15) is 9.59 Å². The van der Waals surface area contributed by atoms with Crippen molar-refractivity contribution in [3.63, 3.8) is 0 Å². The van der Waals surface area contributed by atoms with Gasteiger partial charge in [-0.25, -0.2) is 0 Å². The number of nitrogens with zero attached hydrogens (tertiary/aromatic N) is 2. The SMILES string of the molecule is COc1ccc(CC(=O)N2CCN(C(=O)c3ccc4c(c3)OCO4)CC2)cc1OC. The molecule has 2 aliphatic heterocycles. The van der Waals surface area contributed by atoms with E-state index in [2.05, 4.69) is 0 Å². The summed E-state index contributed by atoms with van der Waals surface area (Å²) in [5.41, 5.74) is 1.42. The summed E-state index contributed by atoms with van der Waals surface area (Å²) in [6, 6.07) is 10.7. The van der Waals surface area contributed by atoms with Crippen molar-refractivity contribution in [2.24, 2.45) is 0 Å². The van der Waals surface area contributed by atoms with E-state index < -0.39 is 0 Å². The van der Waals surface area contributed by atoms with E-state index in [4.69, 9.17) is 18.9 Å². The Hall–Kier alpha value is -3.42. The molecule has 0 aliphatic carbocycles. The van der Waals surface area contributed by atoms with Crippen molar-refractivity contribution in [2.45, 2.75) is 6.42 Å². The largest absolute Gasteiger partial charge is 0.493 e. The number of fused-ring (bicyclic) bond motifs is 1. The molecule has 8 nitrogen and oxygen atoms in total. The molecule has 1 fully saturated rings. The Kier molecular flexibility index (Phi) is 5.65. The Morgan fingerprint density at radius 3 is 2.30 bits per heavy atom. The highest BCUT2D eigenvalue weighted by atomic mass is 16.7. The van der Waals surface area contributed by atoms with Gasteiger partial charge in [0.25, 0.3) is 5.91 Å². The first-order valence-corrected chi connectivity index (χ1v) is 9.76. The molecule has 2 aromatic carbocycles. The van der Waals surface area contributed by atoms with Crippen LogP contribution < -0.4 is 18.9 Å². The molecule has 1 saturated heterocycles. The predicted octanol–water partition coefficient (Wildman–Crippen LogP) is 1.96. The van der Waals surface area contributed by atoms with Gasteiger partial charge in [0, 0.05) is 31.7 Å². The first-order chi connectivity index (χ1) is 14.6. The lowest BCUT2D eigenvalue weighted by atomic mass is 10.1. The van der Waals surface area contributed by atoms with Crippen molar-refractivity contribution >= 4 is 11.8 Å². The Morgan fingerprint density at radius 2 is 1.57 bits per heavy atom. The van der Waals surface area contributed by atoms with Gasteiger partial charge in [-0.2, -0.15) is 0 Å². The summed E-state index contributed by atoms with van der Waals surface area (Å²) in [6.45, 7) is 2.16. The van der Waals surface area contributed by atoms with Crippen LogP contribution in [0.2, 0.25) is 0 Å². The van der Waals surface area contributed by atoms with Crippen LogP contribution in [0.15, 0.2) is 36.4 Å². The number of amides is 2. The normalized spacial score (nSPS) is 15.1. The minimum Gasteiger partial charge on any atom is -0.493 e. The molecule has 0 N–H and O–H groups in total. The van der Waals surface area contributed by atoms with E-state index in [1.165, 1.54) is 0 Å². The minimum atomic E-state index is -0.0692. The molecule has 8 heteroatoms. The smallest absolute Gasteiger partial charge is 0.254 e. The second kappa shape index (κ2) is 8.52. The van der Waals surface area contributed by atoms with E-state index in [1.807, 2.05) is 12.1 Å². The van der Waals surface area contributed by atoms with Crippen LogP contribution in [-0.4, -0.2) is 68.8 Å². The summed E-state index contributed by atoms with van der Waals surface area (Å²) in [5, 5.41) is 0. The number of benzene rings is 2. The van der Waals surface area contributed by atoms with Gasteiger partial charge in [-0.05, 0) is 35.9 Å². The third kappa shape index (κ3) is 3.98. The molecule has 30 heavy (non-hydrogen) atoms. The number of piperazine rings is 1. The van der Waals surface area contributed by atoms with Crippen LogP contribution in [0.1, 0.15) is 15.9 Å². The highest BCUT2D eigenvalue weighted by Gasteiger charge is 2.26. The summed E-state index contributed by atoms with van der Waals surface area (Å²) < 4.78 is 21.2. The summed E-state index contributed by atoms with van der Waals surface area (Å²) in [4.78, 5) is 29.1. The molecule has 2 aliphatic rings. The molecule has 0 radical (unpaired) electrons. The van der Waals surface area contributed by atoms with Gasteiger partial charge < -0.3 is 28.7 Å². The van der Waals surface area contributed by atoms with Crippen molar-refractivity contribution < 1.29 is 28.5 Å². The van der Waals surface area contributed by atoms with Gasteiger partial charge >= 0.3 is 0 Å². The Bertz CT molecular complexity index is 953. The van der Waals surface area contributed by atoms with Crippen molar-refractivity contribution in [3.8, 4) is 23.0 Å². The standard InChI is InChI=1S/C22H24N2O6/c1-27-17-5-3-15(11-19(17)28-2)12-21(25)23-7-9-24(10-8-23)22(26)16-4-6-18-20(13-16)30-14-29-18/h3-6,11,13H,7-10,12,14H2,1-2H3. The summed E-state index contributed by atoms with van der Waals surface area (Å²) in [7, 11) is 3.15. The summed E-state index contributed by atoms with van der Waals surface area (Å²) in [5.74, 6) is 2.42. The van der Waals surface area contributed by atoms with E-state index in [1.54, 1.807) is 48.3 Å². The average Bonchev–Trinajstić information content (AvgIpc) is 3.26. The second-order valence-electron chi connectivity index (χ2n) is 7.11. The lowest BCUT2D eigenvalue weighted by molar-refractivity contribution is -0.131. The number of carbonyl (C=O) groups is 2. The fourth-order valence-electron chi connectivity index (χ4n) is 3.65. The third-order valence-electron chi connectivity index (χ3n) is 5.34. The molecule has 0 spiro atoms. The van der Waals surface area contributed by atoms with Gasteiger partial charge in [0.2, 0.25) is 12.7 Å². The first-order valence-electron chi connectivity index (χ1n) is 9.76. The average molecular weight is 412 g/mol. The van der Waals surface area contributed by atoms with Crippen LogP contribution in [-0.2, 0) is 11.2 Å². The molecule has 0 atom stereocenters. The van der Waals surface area contributed by atoms with Gasteiger partial charge in [-0.3, -0.25) is 9.59 Å². The zero-order chi connectivity index (χ0) is 21.1. The Labute approximate surface area is 174 Å². The molecule has 158 valence electrons. The quantitative estimate of drug-likeness (QED) is 0.747. The maximum Gasteiger partial charge on any atom is 0.254 e. The van der Waals surface area contributed by atoms with Crippen LogP contribution in [0.25, 0.3) is 0 Å². The zero-order valence-corrected chi connectivity index (χ0v) is 17.1. The lowest BCUT2D eigenvalue weighted by Gasteiger charge is -2.35. The Balaban J connectivity index is 1.34. The molecule has 2 heterocycles. The van der Waals surface area contributed by atoms with Crippen LogP contribution in [0.3, 0.4) is 0 Å². The van der Waals surface area contributed by atoms with Gasteiger partial charge in [-0.1, -0.05) is 6.07 Å². The number of carbonyl (C=O) groups excluding carboxylic acids is 2. The molecule has 4 rings (SSSR count). The first kappa shape index (κ1) is 19.9. The molecule has 0 unspecified atom stereocenters. The summed E-state index contributed by atoms with van der Waals surface area (Å²) >= 11 is 0. The van der Waals surface area contributed by atoms with Crippen LogP contribution >= 0.6 is 0 Å². The number of hydrogen-bond acceptors (Lipinski definition) is 6. The molecule has 0 saturated carbocycles. The van der Waals surface area contributed by atoms with Gasteiger partial charge in [0.05, 0.1) is 20.6 Å². The molecule has 0 aromatic heterocycles. The van der Waals surface area contributed by atoms with Crippen molar-refractivity contribution in [1.82, 2.24) is 9.80 Å². The highest BCUT2D eigenvalue weighted by molar-refractivity contribution is 5.95. The van der Waals surface area contributed by atoms with Crippen molar-refractivity contribution in [2.75, 3.05) is 47.2 Å². The molecule has 2 amide bonds. The topological polar surface area (TPSA) is 77.5 Å². The maximum absolute atomic E-state index is 12.8. The number of rotatable bonds is 5. The summed E-state index contributed by atoms with van der Waals surface area (Å²) in [6.07, 6.45) is 0.274. The van der Waals surface area contributed by atoms with Gasteiger partial charge in [-0.15, -0.1) is 0 Å².